The second-order valence-electron chi connectivity index (χ2n) is 4.54. The molecule has 0 radical (unpaired) electrons. The number of aromatic amines is 1. The lowest BCUT2D eigenvalue weighted by molar-refractivity contribution is 0.569. The van der Waals surface area contributed by atoms with Crippen molar-refractivity contribution in [2.75, 3.05) is 0 Å². The van der Waals surface area contributed by atoms with Gasteiger partial charge in [-0.1, -0.05) is 12.8 Å². The van der Waals surface area contributed by atoms with E-state index in [1.807, 2.05) is 0 Å². The quantitative estimate of drug-likeness (QED) is 0.773. The van der Waals surface area contributed by atoms with Crippen LogP contribution < -0.4 is 0 Å². The van der Waals surface area contributed by atoms with E-state index >= 15 is 0 Å². The molecule has 76 valence electrons. The summed E-state index contributed by atoms with van der Waals surface area (Å²) in [5.41, 5.74) is 0. The molecule has 2 saturated carbocycles. The van der Waals surface area contributed by atoms with Gasteiger partial charge in [-0.2, -0.15) is 5.10 Å². The van der Waals surface area contributed by atoms with E-state index in [1.54, 1.807) is 0 Å². The molecule has 0 aromatic carbocycles. The number of H-pyrrole nitrogens is 1. The summed E-state index contributed by atoms with van der Waals surface area (Å²) in [4.78, 5) is 0. The molecule has 0 spiro atoms. The second kappa shape index (κ2) is 3.19. The first kappa shape index (κ1) is 8.65. The highest BCUT2D eigenvalue weighted by Crippen LogP contribution is 2.39. The van der Waals surface area contributed by atoms with Crippen LogP contribution in [-0.4, -0.2) is 14.8 Å². The average Bonchev–Trinajstić information content (AvgIpc) is 3.04. The molecule has 4 heteroatoms. The van der Waals surface area contributed by atoms with Crippen molar-refractivity contribution in [3.8, 4) is 0 Å². The first-order valence-corrected chi connectivity index (χ1v) is 5.90. The van der Waals surface area contributed by atoms with Crippen molar-refractivity contribution >= 4 is 12.2 Å². The van der Waals surface area contributed by atoms with Crippen LogP contribution in [0.5, 0.6) is 0 Å². The van der Waals surface area contributed by atoms with Crippen LogP contribution in [0.15, 0.2) is 0 Å². The van der Waals surface area contributed by atoms with Gasteiger partial charge in [0, 0.05) is 12.5 Å². The Labute approximate surface area is 88.5 Å². The molecule has 2 fully saturated rings. The van der Waals surface area contributed by atoms with Gasteiger partial charge in [-0.3, -0.25) is 5.10 Å². The first-order chi connectivity index (χ1) is 6.84. The Morgan fingerprint density at radius 3 is 2.79 bits per heavy atom. The fourth-order valence-corrected chi connectivity index (χ4v) is 2.15. The molecule has 2 aliphatic carbocycles. The largest absolute Gasteiger partial charge is 0.304 e. The van der Waals surface area contributed by atoms with Crippen molar-refractivity contribution in [1.82, 2.24) is 14.8 Å². The molecule has 0 bridgehead atoms. The lowest BCUT2D eigenvalue weighted by atomic mass is 10.3. The molecule has 0 amide bonds. The van der Waals surface area contributed by atoms with Gasteiger partial charge in [-0.15, -0.1) is 0 Å². The highest BCUT2D eigenvalue weighted by Gasteiger charge is 2.29. The van der Waals surface area contributed by atoms with E-state index in [9.17, 15) is 0 Å². The van der Waals surface area contributed by atoms with Gasteiger partial charge in [0.15, 0.2) is 4.77 Å². The summed E-state index contributed by atoms with van der Waals surface area (Å²) in [6.45, 7) is 1.08. The number of nitrogens with zero attached hydrogens (tertiary/aromatic N) is 2. The molecule has 1 N–H and O–H groups in total. The third-order valence-electron chi connectivity index (χ3n) is 3.19. The molecular formula is C10H15N3S. The second-order valence-corrected chi connectivity index (χ2v) is 4.93. The lowest BCUT2D eigenvalue weighted by Gasteiger charge is -2.04. The summed E-state index contributed by atoms with van der Waals surface area (Å²) in [5, 5.41) is 7.24. The van der Waals surface area contributed by atoms with Gasteiger partial charge in [0.05, 0.1) is 0 Å². The van der Waals surface area contributed by atoms with E-state index in [1.165, 1.54) is 37.9 Å². The van der Waals surface area contributed by atoms with E-state index in [0.717, 1.165) is 17.2 Å². The maximum absolute atomic E-state index is 5.24. The van der Waals surface area contributed by atoms with E-state index in [2.05, 4.69) is 14.8 Å². The van der Waals surface area contributed by atoms with Crippen molar-refractivity contribution in [3.63, 3.8) is 0 Å². The van der Waals surface area contributed by atoms with Crippen molar-refractivity contribution in [3.05, 3.63) is 10.6 Å². The zero-order valence-electron chi connectivity index (χ0n) is 8.20. The molecule has 2 aliphatic rings. The Balaban J connectivity index is 1.78. The highest BCUT2D eigenvalue weighted by atomic mass is 32.1. The molecule has 0 atom stereocenters. The Kier molecular flexibility index (Phi) is 1.97. The average molecular weight is 209 g/mol. The van der Waals surface area contributed by atoms with Crippen LogP contribution in [0.4, 0.5) is 0 Å². The molecule has 0 unspecified atom stereocenters. The van der Waals surface area contributed by atoms with Gasteiger partial charge >= 0.3 is 0 Å². The van der Waals surface area contributed by atoms with E-state index in [4.69, 9.17) is 12.2 Å². The third-order valence-corrected chi connectivity index (χ3v) is 3.50. The summed E-state index contributed by atoms with van der Waals surface area (Å²) in [7, 11) is 0. The Hall–Kier alpha value is -0.640. The van der Waals surface area contributed by atoms with Crippen LogP contribution in [-0.2, 0) is 6.54 Å². The van der Waals surface area contributed by atoms with E-state index < -0.39 is 0 Å². The minimum absolute atomic E-state index is 0.696. The molecule has 0 saturated heterocycles. The van der Waals surface area contributed by atoms with Gasteiger partial charge in [-0.05, 0) is 37.4 Å². The first-order valence-electron chi connectivity index (χ1n) is 5.49. The molecule has 3 nitrogen and oxygen atoms in total. The summed E-state index contributed by atoms with van der Waals surface area (Å²) in [5.74, 6) is 2.87. The standard InChI is InChI=1S/C10H15N3S/c14-10-12-11-9(8-3-4-8)13(10)6-5-7-1-2-7/h7-8H,1-6H2,(H,12,14). The Morgan fingerprint density at radius 2 is 2.14 bits per heavy atom. The van der Waals surface area contributed by atoms with Gasteiger partial charge in [0.2, 0.25) is 0 Å². The monoisotopic (exact) mass is 209 g/mol. The van der Waals surface area contributed by atoms with Crippen LogP contribution >= 0.6 is 12.2 Å². The van der Waals surface area contributed by atoms with Crippen molar-refractivity contribution in [2.45, 2.75) is 44.6 Å². The van der Waals surface area contributed by atoms with Crippen molar-refractivity contribution in [1.29, 1.82) is 0 Å². The van der Waals surface area contributed by atoms with Crippen LogP contribution in [0.1, 0.15) is 43.8 Å². The smallest absolute Gasteiger partial charge is 0.195 e. The molecule has 1 heterocycles. The van der Waals surface area contributed by atoms with Crippen LogP contribution in [0.25, 0.3) is 0 Å². The number of rotatable bonds is 4. The fraction of sp³-hybridized carbons (Fsp3) is 0.800. The number of hydrogen-bond acceptors (Lipinski definition) is 2. The van der Waals surface area contributed by atoms with Gasteiger partial charge in [0.1, 0.15) is 5.82 Å². The third kappa shape index (κ3) is 1.63. The summed E-state index contributed by atoms with van der Waals surface area (Å²) < 4.78 is 3.03. The number of hydrogen-bond donors (Lipinski definition) is 1. The van der Waals surface area contributed by atoms with Gasteiger partial charge < -0.3 is 4.57 Å². The van der Waals surface area contributed by atoms with Crippen LogP contribution in [0, 0.1) is 10.7 Å². The fourth-order valence-electron chi connectivity index (χ4n) is 1.92. The van der Waals surface area contributed by atoms with Crippen molar-refractivity contribution in [2.24, 2.45) is 5.92 Å². The topological polar surface area (TPSA) is 33.6 Å². The normalized spacial score (nSPS) is 21.4. The Bertz CT molecular complexity index is 384. The number of nitrogens with one attached hydrogen (secondary N) is 1. The summed E-state index contributed by atoms with van der Waals surface area (Å²) in [6, 6.07) is 0. The maximum atomic E-state index is 5.24. The van der Waals surface area contributed by atoms with Crippen molar-refractivity contribution < 1.29 is 0 Å². The zero-order valence-corrected chi connectivity index (χ0v) is 9.02. The minimum atomic E-state index is 0.696. The predicted molar refractivity (Wildman–Crippen MR) is 56.7 cm³/mol. The molecular weight excluding hydrogens is 194 g/mol. The van der Waals surface area contributed by atoms with Crippen LogP contribution in [0.3, 0.4) is 0 Å². The van der Waals surface area contributed by atoms with Gasteiger partial charge in [-0.25, -0.2) is 0 Å². The molecule has 3 rings (SSSR count). The zero-order chi connectivity index (χ0) is 9.54. The summed E-state index contributed by atoms with van der Waals surface area (Å²) >= 11 is 5.24. The van der Waals surface area contributed by atoms with Gasteiger partial charge in [0.25, 0.3) is 0 Å². The molecule has 1 aromatic heterocycles. The molecule has 0 aliphatic heterocycles. The highest BCUT2D eigenvalue weighted by molar-refractivity contribution is 7.71. The predicted octanol–water partition coefficient (Wildman–Crippen LogP) is 2.62. The molecule has 14 heavy (non-hydrogen) atoms. The SMILES string of the molecule is S=c1[nH]nc(C2CC2)n1CCC1CC1. The van der Waals surface area contributed by atoms with E-state index in [0.29, 0.717) is 5.92 Å². The van der Waals surface area contributed by atoms with E-state index in [-0.39, 0.29) is 0 Å². The number of aromatic nitrogens is 3. The van der Waals surface area contributed by atoms with Crippen LogP contribution in [0.2, 0.25) is 0 Å². The Morgan fingerprint density at radius 1 is 1.36 bits per heavy atom. The maximum Gasteiger partial charge on any atom is 0.195 e. The summed E-state index contributed by atoms with van der Waals surface area (Å²) in [6.07, 6.45) is 6.72. The minimum Gasteiger partial charge on any atom is -0.304 e. The molecule has 1 aromatic rings. The lowest BCUT2D eigenvalue weighted by Crippen LogP contribution is -2.03.